The average Bonchev–Trinajstić information content (AvgIpc) is 3.07. The molecular formula is C24H18ClNO2S3. The number of carbonyl (C=O) groups excluding carboxylic acids is 1. The third-order valence-electron chi connectivity index (χ3n) is 4.60. The fourth-order valence-corrected chi connectivity index (χ4v) is 4.88. The number of rotatable bonds is 6. The van der Waals surface area contributed by atoms with Crippen LogP contribution in [0.2, 0.25) is 5.02 Å². The molecule has 0 aliphatic carbocycles. The first-order chi connectivity index (χ1) is 15.0. The first-order valence-corrected chi connectivity index (χ1v) is 12.3. The Hall–Kier alpha value is -2.25. The van der Waals surface area contributed by atoms with Gasteiger partial charge in [-0.05, 0) is 65.9 Å². The Morgan fingerprint density at radius 2 is 1.84 bits per heavy atom. The number of hydrogen-bond acceptors (Lipinski definition) is 5. The Balaban J connectivity index is 1.45. The lowest BCUT2D eigenvalue weighted by Crippen LogP contribution is -2.27. The predicted molar refractivity (Wildman–Crippen MR) is 136 cm³/mol. The molecule has 4 rings (SSSR count). The van der Waals surface area contributed by atoms with Crippen LogP contribution >= 0.6 is 47.3 Å². The standard InChI is InChI=1S/C24H18ClNO2S3/c1-30-21-4-2-3-19(14-21)26-23(27)22(31-24(26)29)13-16-7-11-20(12-8-16)28-15-17-5-9-18(25)10-6-17/h2-14H,15H2,1H3/b22-13+. The highest BCUT2D eigenvalue weighted by molar-refractivity contribution is 8.27. The van der Waals surface area contributed by atoms with Gasteiger partial charge in [0.25, 0.3) is 5.91 Å². The molecule has 1 fully saturated rings. The molecule has 3 nitrogen and oxygen atoms in total. The van der Waals surface area contributed by atoms with E-state index in [1.54, 1.807) is 16.7 Å². The monoisotopic (exact) mass is 483 g/mol. The maximum absolute atomic E-state index is 13.0. The number of thioether (sulfide) groups is 2. The molecule has 0 unspecified atom stereocenters. The van der Waals surface area contributed by atoms with Crippen LogP contribution in [0.1, 0.15) is 11.1 Å². The molecule has 0 bridgehead atoms. The van der Waals surface area contributed by atoms with Gasteiger partial charge in [0.05, 0.1) is 10.6 Å². The number of thiocarbonyl (C=S) groups is 1. The zero-order chi connectivity index (χ0) is 21.8. The average molecular weight is 484 g/mol. The zero-order valence-corrected chi connectivity index (χ0v) is 19.8. The second-order valence-corrected chi connectivity index (χ2v) is 9.69. The Bertz CT molecular complexity index is 1140. The molecule has 0 spiro atoms. The number of hydrogen-bond donors (Lipinski definition) is 0. The molecule has 0 aromatic heterocycles. The van der Waals surface area contributed by atoms with E-state index in [-0.39, 0.29) is 5.91 Å². The molecule has 0 radical (unpaired) electrons. The van der Waals surface area contributed by atoms with Crippen LogP contribution in [-0.2, 0) is 11.4 Å². The molecule has 156 valence electrons. The van der Waals surface area contributed by atoms with Crippen molar-refractivity contribution < 1.29 is 9.53 Å². The maximum atomic E-state index is 13.0. The van der Waals surface area contributed by atoms with Crippen molar-refractivity contribution in [2.24, 2.45) is 0 Å². The van der Waals surface area contributed by atoms with Crippen molar-refractivity contribution >= 4 is 69.3 Å². The van der Waals surface area contributed by atoms with Gasteiger partial charge in [0.2, 0.25) is 0 Å². The number of halogens is 1. The summed E-state index contributed by atoms with van der Waals surface area (Å²) in [7, 11) is 0. The van der Waals surface area contributed by atoms with E-state index >= 15 is 0 Å². The number of anilines is 1. The van der Waals surface area contributed by atoms with Crippen molar-refractivity contribution in [3.8, 4) is 5.75 Å². The fourth-order valence-electron chi connectivity index (χ4n) is 3.00. The fraction of sp³-hybridized carbons (Fsp3) is 0.0833. The molecule has 3 aromatic carbocycles. The van der Waals surface area contributed by atoms with E-state index in [2.05, 4.69) is 0 Å². The molecule has 0 saturated carbocycles. The Morgan fingerprint density at radius 1 is 1.10 bits per heavy atom. The van der Waals surface area contributed by atoms with Gasteiger partial charge in [0.1, 0.15) is 12.4 Å². The van der Waals surface area contributed by atoms with Crippen LogP contribution in [0.3, 0.4) is 0 Å². The highest BCUT2D eigenvalue weighted by Crippen LogP contribution is 2.37. The number of amides is 1. The molecule has 31 heavy (non-hydrogen) atoms. The zero-order valence-electron chi connectivity index (χ0n) is 16.6. The third-order valence-corrected chi connectivity index (χ3v) is 6.88. The molecule has 1 aliphatic rings. The van der Waals surface area contributed by atoms with E-state index in [1.807, 2.05) is 85.1 Å². The topological polar surface area (TPSA) is 29.5 Å². The van der Waals surface area contributed by atoms with Crippen LogP contribution in [0.4, 0.5) is 5.69 Å². The van der Waals surface area contributed by atoms with E-state index in [0.717, 1.165) is 27.5 Å². The van der Waals surface area contributed by atoms with Gasteiger partial charge < -0.3 is 4.74 Å². The minimum atomic E-state index is -0.101. The molecular weight excluding hydrogens is 466 g/mol. The van der Waals surface area contributed by atoms with Crippen LogP contribution in [0.15, 0.2) is 82.6 Å². The quantitative estimate of drug-likeness (QED) is 0.213. The Labute approximate surface area is 200 Å². The summed E-state index contributed by atoms with van der Waals surface area (Å²) in [6.07, 6.45) is 3.87. The van der Waals surface area contributed by atoms with Crippen LogP contribution in [0.5, 0.6) is 5.75 Å². The Morgan fingerprint density at radius 3 is 2.55 bits per heavy atom. The summed E-state index contributed by atoms with van der Waals surface area (Å²) in [4.78, 5) is 16.3. The molecule has 7 heteroatoms. The van der Waals surface area contributed by atoms with E-state index in [1.165, 1.54) is 11.8 Å². The van der Waals surface area contributed by atoms with E-state index in [4.69, 9.17) is 28.6 Å². The largest absolute Gasteiger partial charge is 0.489 e. The minimum absolute atomic E-state index is 0.101. The molecule has 1 saturated heterocycles. The normalized spacial score (nSPS) is 15.0. The second-order valence-electron chi connectivity index (χ2n) is 6.70. The molecule has 3 aromatic rings. The van der Waals surface area contributed by atoms with Crippen LogP contribution in [0, 0.1) is 0 Å². The van der Waals surface area contributed by atoms with Crippen molar-refractivity contribution in [1.29, 1.82) is 0 Å². The maximum Gasteiger partial charge on any atom is 0.270 e. The molecule has 0 atom stereocenters. The van der Waals surface area contributed by atoms with Crippen LogP contribution in [-0.4, -0.2) is 16.5 Å². The van der Waals surface area contributed by atoms with E-state index in [0.29, 0.717) is 20.9 Å². The van der Waals surface area contributed by atoms with Gasteiger partial charge >= 0.3 is 0 Å². The summed E-state index contributed by atoms with van der Waals surface area (Å²) in [5.74, 6) is 0.657. The summed E-state index contributed by atoms with van der Waals surface area (Å²) in [5, 5.41) is 0.704. The lowest BCUT2D eigenvalue weighted by molar-refractivity contribution is -0.113. The molecule has 1 heterocycles. The molecule has 0 N–H and O–H groups in total. The van der Waals surface area contributed by atoms with Gasteiger partial charge in [-0.3, -0.25) is 9.69 Å². The Kier molecular flexibility index (Phi) is 7.02. The van der Waals surface area contributed by atoms with Gasteiger partial charge in [-0.25, -0.2) is 0 Å². The van der Waals surface area contributed by atoms with Gasteiger partial charge in [-0.1, -0.05) is 65.9 Å². The minimum Gasteiger partial charge on any atom is -0.489 e. The first-order valence-electron chi connectivity index (χ1n) is 9.43. The van der Waals surface area contributed by atoms with Crippen molar-refractivity contribution in [2.45, 2.75) is 11.5 Å². The summed E-state index contributed by atoms with van der Waals surface area (Å²) in [6, 6.07) is 23.0. The van der Waals surface area contributed by atoms with Crippen molar-refractivity contribution in [3.05, 3.63) is 93.9 Å². The predicted octanol–water partition coefficient (Wildman–Crippen LogP) is 7.05. The number of ether oxygens (including phenoxy) is 1. The van der Waals surface area contributed by atoms with Crippen LogP contribution in [0.25, 0.3) is 6.08 Å². The smallest absolute Gasteiger partial charge is 0.270 e. The molecule has 1 aliphatic heterocycles. The number of nitrogens with zero attached hydrogens (tertiary/aromatic N) is 1. The van der Waals surface area contributed by atoms with Gasteiger partial charge in [-0.2, -0.15) is 0 Å². The summed E-state index contributed by atoms with van der Waals surface area (Å²) >= 11 is 14.3. The summed E-state index contributed by atoms with van der Waals surface area (Å²) in [5.41, 5.74) is 2.75. The highest BCUT2D eigenvalue weighted by Gasteiger charge is 2.33. The van der Waals surface area contributed by atoms with E-state index in [9.17, 15) is 4.79 Å². The lowest BCUT2D eigenvalue weighted by Gasteiger charge is -2.15. The molecule has 1 amide bonds. The number of benzene rings is 3. The summed E-state index contributed by atoms with van der Waals surface area (Å²) in [6.45, 7) is 0.463. The van der Waals surface area contributed by atoms with Crippen LogP contribution < -0.4 is 9.64 Å². The highest BCUT2D eigenvalue weighted by atomic mass is 35.5. The third kappa shape index (κ3) is 5.33. The number of carbonyl (C=O) groups is 1. The SMILES string of the molecule is CSc1cccc(N2C(=O)/C(=C\c3ccc(OCc4ccc(Cl)cc4)cc3)SC2=S)c1. The summed E-state index contributed by atoms with van der Waals surface area (Å²) < 4.78 is 6.36. The van der Waals surface area contributed by atoms with E-state index < -0.39 is 0 Å². The van der Waals surface area contributed by atoms with Gasteiger partial charge in [0.15, 0.2) is 4.32 Å². The first kappa shape index (κ1) is 22.0. The second kappa shape index (κ2) is 9.92. The van der Waals surface area contributed by atoms with Crippen molar-refractivity contribution in [1.82, 2.24) is 0 Å². The van der Waals surface area contributed by atoms with Crippen molar-refractivity contribution in [3.63, 3.8) is 0 Å². The lowest BCUT2D eigenvalue weighted by atomic mass is 10.2. The van der Waals surface area contributed by atoms with Gasteiger partial charge in [-0.15, -0.1) is 11.8 Å². The van der Waals surface area contributed by atoms with Crippen molar-refractivity contribution in [2.75, 3.05) is 11.2 Å². The van der Waals surface area contributed by atoms with Gasteiger partial charge in [0, 0.05) is 9.92 Å².